The van der Waals surface area contributed by atoms with E-state index in [0.717, 1.165) is 4.90 Å². The summed E-state index contributed by atoms with van der Waals surface area (Å²) < 4.78 is 5.30. The number of ether oxygens (including phenoxy) is 1. The highest BCUT2D eigenvalue weighted by Gasteiger charge is 2.44. The van der Waals surface area contributed by atoms with Crippen molar-refractivity contribution in [2.75, 3.05) is 26.3 Å². The Balaban J connectivity index is 1.67. The van der Waals surface area contributed by atoms with Crippen LogP contribution in [0.1, 0.15) is 26.3 Å². The fourth-order valence-electron chi connectivity index (χ4n) is 3.75. The molecule has 0 radical (unpaired) electrons. The van der Waals surface area contributed by atoms with Gasteiger partial charge in [-0.1, -0.05) is 24.3 Å². The first-order valence-electron chi connectivity index (χ1n) is 9.54. The molecule has 1 saturated heterocycles. The number of rotatable bonds is 5. The number of hydrogen-bond acceptors (Lipinski definition) is 6. The third-order valence-electron chi connectivity index (χ3n) is 5.32. The van der Waals surface area contributed by atoms with Crippen LogP contribution in [0.15, 0.2) is 48.5 Å². The zero-order valence-corrected chi connectivity index (χ0v) is 16.0. The van der Waals surface area contributed by atoms with Gasteiger partial charge in [-0.05, 0) is 17.7 Å². The summed E-state index contributed by atoms with van der Waals surface area (Å²) in [6.07, 6.45) is 0.0691. The lowest BCUT2D eigenvalue weighted by atomic mass is 10.0. The fraction of sp³-hybridized carbons (Fsp3) is 0.286. The lowest BCUT2D eigenvalue weighted by molar-refractivity contribution is -0.384. The van der Waals surface area contributed by atoms with E-state index in [4.69, 9.17) is 4.74 Å². The van der Waals surface area contributed by atoms with Crippen molar-refractivity contribution in [3.63, 3.8) is 0 Å². The number of carbonyl (C=O) groups is 3. The molecule has 3 amide bonds. The van der Waals surface area contributed by atoms with E-state index in [1.54, 1.807) is 29.2 Å². The first kappa shape index (κ1) is 19.7. The first-order valence-corrected chi connectivity index (χ1v) is 9.54. The van der Waals surface area contributed by atoms with Gasteiger partial charge in [0.1, 0.15) is 6.04 Å². The van der Waals surface area contributed by atoms with Crippen LogP contribution in [0.3, 0.4) is 0 Å². The molecule has 1 atom stereocenters. The summed E-state index contributed by atoms with van der Waals surface area (Å²) in [4.78, 5) is 52.3. The zero-order chi connectivity index (χ0) is 21.3. The summed E-state index contributed by atoms with van der Waals surface area (Å²) in [5.74, 6) is -1.36. The number of imide groups is 1. The molecule has 1 unspecified atom stereocenters. The smallest absolute Gasteiger partial charge is 0.269 e. The minimum atomic E-state index is -1.04. The molecular formula is C21H19N3O6. The van der Waals surface area contributed by atoms with Crippen LogP contribution in [0.4, 0.5) is 5.69 Å². The maximum absolute atomic E-state index is 13.3. The van der Waals surface area contributed by atoms with Gasteiger partial charge in [0, 0.05) is 31.6 Å². The molecule has 154 valence electrons. The Labute approximate surface area is 172 Å². The Morgan fingerprint density at radius 1 is 1.00 bits per heavy atom. The Kier molecular flexibility index (Phi) is 5.28. The van der Waals surface area contributed by atoms with Gasteiger partial charge < -0.3 is 9.64 Å². The van der Waals surface area contributed by atoms with E-state index >= 15 is 0 Å². The molecule has 0 aromatic heterocycles. The highest BCUT2D eigenvalue weighted by Crippen LogP contribution is 2.27. The maximum atomic E-state index is 13.3. The predicted molar refractivity (Wildman–Crippen MR) is 105 cm³/mol. The molecule has 9 nitrogen and oxygen atoms in total. The molecule has 2 aromatic carbocycles. The van der Waals surface area contributed by atoms with Crippen molar-refractivity contribution in [1.82, 2.24) is 9.80 Å². The normalized spacial score (nSPS) is 17.1. The predicted octanol–water partition coefficient (Wildman–Crippen LogP) is 1.66. The minimum absolute atomic E-state index is 0.0691. The van der Waals surface area contributed by atoms with E-state index in [0.29, 0.717) is 31.9 Å². The largest absolute Gasteiger partial charge is 0.378 e. The van der Waals surface area contributed by atoms with Crippen molar-refractivity contribution < 1.29 is 24.0 Å². The van der Waals surface area contributed by atoms with E-state index in [1.165, 1.54) is 24.3 Å². The molecule has 0 bridgehead atoms. The van der Waals surface area contributed by atoms with Crippen LogP contribution in [-0.2, 0) is 16.0 Å². The van der Waals surface area contributed by atoms with Gasteiger partial charge in [0.15, 0.2) is 0 Å². The van der Waals surface area contributed by atoms with Crippen LogP contribution in [-0.4, -0.2) is 64.8 Å². The lowest BCUT2D eigenvalue weighted by Crippen LogP contribution is -2.54. The number of nitro groups is 1. The molecule has 2 aliphatic rings. The van der Waals surface area contributed by atoms with E-state index in [9.17, 15) is 24.5 Å². The lowest BCUT2D eigenvalue weighted by Gasteiger charge is -2.33. The fourth-order valence-corrected chi connectivity index (χ4v) is 3.75. The summed E-state index contributed by atoms with van der Waals surface area (Å²) >= 11 is 0. The van der Waals surface area contributed by atoms with Crippen LogP contribution < -0.4 is 0 Å². The van der Waals surface area contributed by atoms with Gasteiger partial charge in [-0.25, -0.2) is 0 Å². The standard InChI is InChI=1S/C21H19N3O6/c25-19-16-3-1-2-4-17(16)20(26)23(19)18(21(27)22-9-11-30-12-10-22)13-14-5-7-15(8-6-14)24(28)29/h1-8,18H,9-13H2. The third-order valence-corrected chi connectivity index (χ3v) is 5.32. The number of non-ortho nitro benzene ring substituents is 1. The highest BCUT2D eigenvalue weighted by molar-refractivity contribution is 6.22. The molecule has 0 saturated carbocycles. The molecule has 1 fully saturated rings. The maximum Gasteiger partial charge on any atom is 0.269 e. The van der Waals surface area contributed by atoms with Gasteiger partial charge in [-0.2, -0.15) is 0 Å². The topological polar surface area (TPSA) is 110 Å². The van der Waals surface area contributed by atoms with Gasteiger partial charge >= 0.3 is 0 Å². The number of amides is 3. The Bertz CT molecular complexity index is 979. The van der Waals surface area contributed by atoms with Crippen molar-refractivity contribution in [3.8, 4) is 0 Å². The van der Waals surface area contributed by atoms with Gasteiger partial charge in [0.2, 0.25) is 5.91 Å². The second-order valence-corrected chi connectivity index (χ2v) is 7.11. The van der Waals surface area contributed by atoms with E-state index in [-0.39, 0.29) is 29.1 Å². The number of fused-ring (bicyclic) bond motifs is 1. The van der Waals surface area contributed by atoms with Gasteiger partial charge in [-0.3, -0.25) is 29.4 Å². The molecule has 2 heterocycles. The molecule has 4 rings (SSSR count). The number of carbonyl (C=O) groups excluding carboxylic acids is 3. The molecule has 0 N–H and O–H groups in total. The Morgan fingerprint density at radius 3 is 2.10 bits per heavy atom. The number of nitrogens with zero attached hydrogens (tertiary/aromatic N) is 3. The Hall–Kier alpha value is -3.59. The zero-order valence-electron chi connectivity index (χ0n) is 16.0. The Morgan fingerprint density at radius 2 is 1.57 bits per heavy atom. The van der Waals surface area contributed by atoms with Crippen molar-refractivity contribution >= 4 is 23.4 Å². The summed E-state index contributed by atoms with van der Waals surface area (Å²) in [5.41, 5.74) is 1.08. The highest BCUT2D eigenvalue weighted by atomic mass is 16.6. The van der Waals surface area contributed by atoms with Crippen molar-refractivity contribution in [2.24, 2.45) is 0 Å². The number of morpholine rings is 1. The van der Waals surface area contributed by atoms with Crippen molar-refractivity contribution in [1.29, 1.82) is 0 Å². The van der Waals surface area contributed by atoms with Crippen LogP contribution in [0.25, 0.3) is 0 Å². The third kappa shape index (κ3) is 3.55. The first-order chi connectivity index (χ1) is 14.5. The van der Waals surface area contributed by atoms with Crippen LogP contribution in [0.2, 0.25) is 0 Å². The quantitative estimate of drug-likeness (QED) is 0.422. The van der Waals surface area contributed by atoms with Crippen molar-refractivity contribution in [2.45, 2.75) is 12.5 Å². The number of benzene rings is 2. The number of nitro benzene ring substituents is 1. The van der Waals surface area contributed by atoms with Gasteiger partial charge in [0.25, 0.3) is 17.5 Å². The van der Waals surface area contributed by atoms with E-state index in [1.807, 2.05) is 0 Å². The summed E-state index contributed by atoms with van der Waals surface area (Å²) in [5, 5.41) is 10.9. The molecule has 2 aromatic rings. The summed E-state index contributed by atoms with van der Waals surface area (Å²) in [6, 6.07) is 11.2. The van der Waals surface area contributed by atoms with Crippen molar-refractivity contribution in [3.05, 3.63) is 75.3 Å². The average Bonchev–Trinajstić information content (AvgIpc) is 3.03. The van der Waals surface area contributed by atoms with Crippen LogP contribution >= 0.6 is 0 Å². The SMILES string of the molecule is O=C(C(Cc1ccc([N+](=O)[O-])cc1)N1C(=O)c2ccccc2C1=O)N1CCOCC1. The van der Waals surface area contributed by atoms with Crippen LogP contribution in [0, 0.1) is 10.1 Å². The second-order valence-electron chi connectivity index (χ2n) is 7.11. The minimum Gasteiger partial charge on any atom is -0.378 e. The molecular weight excluding hydrogens is 390 g/mol. The number of hydrogen-bond donors (Lipinski definition) is 0. The molecule has 0 aliphatic carbocycles. The molecule has 30 heavy (non-hydrogen) atoms. The van der Waals surface area contributed by atoms with Gasteiger partial charge in [0.05, 0.1) is 29.3 Å². The monoisotopic (exact) mass is 409 g/mol. The van der Waals surface area contributed by atoms with Gasteiger partial charge in [-0.15, -0.1) is 0 Å². The van der Waals surface area contributed by atoms with E-state index < -0.39 is 22.8 Å². The average molecular weight is 409 g/mol. The summed E-state index contributed by atoms with van der Waals surface area (Å²) in [7, 11) is 0. The van der Waals surface area contributed by atoms with E-state index in [2.05, 4.69) is 0 Å². The molecule has 2 aliphatic heterocycles. The molecule has 9 heteroatoms. The second kappa shape index (κ2) is 8.03. The van der Waals surface area contributed by atoms with Crippen LogP contribution in [0.5, 0.6) is 0 Å². The molecule has 0 spiro atoms. The summed E-state index contributed by atoms with van der Waals surface area (Å²) in [6.45, 7) is 1.52.